The standard InChI is InChI=1S/C26H26N4O2S/c1-3-21(31)29-23(18-11-6-5-7-12-18)27-24-26(29)33-25(28-30(24)22(32)4-2)20-15-14-17-10-8-9-13-19(17)16-20/h5-7,11-12,14-16H,3-4,8-10,13H2,1-2H3. The molecular weight excluding hydrogens is 432 g/mol. The number of hydrazone groups is 1. The zero-order chi connectivity index (χ0) is 22.9. The van der Waals surface area contributed by atoms with E-state index >= 15 is 0 Å². The van der Waals surface area contributed by atoms with Gasteiger partial charge in [0.2, 0.25) is 11.8 Å². The van der Waals surface area contributed by atoms with Gasteiger partial charge in [0.1, 0.15) is 15.9 Å². The van der Waals surface area contributed by atoms with Gasteiger partial charge in [-0.3, -0.25) is 14.2 Å². The maximum absolute atomic E-state index is 13.1. The number of hydrogen-bond donors (Lipinski definition) is 0. The van der Waals surface area contributed by atoms with Crippen LogP contribution in [0.3, 0.4) is 0 Å². The van der Waals surface area contributed by atoms with E-state index in [0.717, 1.165) is 24.0 Å². The molecule has 1 aliphatic carbocycles. The van der Waals surface area contributed by atoms with Gasteiger partial charge in [-0.1, -0.05) is 56.3 Å². The van der Waals surface area contributed by atoms with Crippen LogP contribution in [-0.2, 0) is 17.6 Å². The Labute approximate surface area is 197 Å². The van der Waals surface area contributed by atoms with E-state index in [1.165, 1.54) is 40.7 Å². The molecule has 0 radical (unpaired) electrons. The molecule has 0 saturated carbocycles. The molecule has 6 nitrogen and oxygen atoms in total. The number of anilines is 1. The first-order valence-corrected chi connectivity index (χ1v) is 12.3. The van der Waals surface area contributed by atoms with E-state index in [1.807, 2.05) is 44.2 Å². The number of nitrogens with zero attached hydrogens (tertiary/aromatic N) is 4. The fourth-order valence-electron chi connectivity index (χ4n) is 4.35. The van der Waals surface area contributed by atoms with E-state index in [0.29, 0.717) is 34.6 Å². The highest BCUT2D eigenvalue weighted by Crippen LogP contribution is 2.41. The van der Waals surface area contributed by atoms with Gasteiger partial charge in [0.15, 0.2) is 5.82 Å². The van der Waals surface area contributed by atoms with Gasteiger partial charge in [0.05, 0.1) is 0 Å². The van der Waals surface area contributed by atoms with Gasteiger partial charge in [-0.25, -0.2) is 4.98 Å². The van der Waals surface area contributed by atoms with Crippen LogP contribution in [0.15, 0.2) is 58.7 Å². The first-order chi connectivity index (χ1) is 16.1. The van der Waals surface area contributed by atoms with Crippen molar-refractivity contribution in [2.45, 2.75) is 57.4 Å². The summed E-state index contributed by atoms with van der Waals surface area (Å²) in [5, 5.41) is 7.46. The molecule has 0 spiro atoms. The van der Waals surface area contributed by atoms with Gasteiger partial charge < -0.3 is 0 Å². The molecule has 2 aliphatic rings. The molecular formula is C26H26N4O2S. The second-order valence-electron chi connectivity index (χ2n) is 8.27. The van der Waals surface area contributed by atoms with Crippen LogP contribution in [0.1, 0.15) is 61.0 Å². The number of thioether (sulfide) groups is 1. The summed E-state index contributed by atoms with van der Waals surface area (Å²) >= 11 is 1.41. The number of amides is 1. The van der Waals surface area contributed by atoms with E-state index in [9.17, 15) is 9.59 Å². The van der Waals surface area contributed by atoms with Crippen molar-refractivity contribution >= 4 is 34.4 Å². The lowest BCUT2D eigenvalue weighted by Crippen LogP contribution is -2.29. The molecule has 0 fully saturated rings. The molecule has 2 aromatic carbocycles. The minimum Gasteiger partial charge on any atom is -0.274 e. The molecule has 5 rings (SSSR count). The zero-order valence-electron chi connectivity index (χ0n) is 18.9. The van der Waals surface area contributed by atoms with Crippen molar-refractivity contribution in [2.24, 2.45) is 5.10 Å². The fourth-order valence-corrected chi connectivity index (χ4v) is 5.40. The molecule has 0 bridgehead atoms. The topological polar surface area (TPSA) is 67.6 Å². The number of fused-ring (bicyclic) bond motifs is 2. The smallest absolute Gasteiger partial charge is 0.248 e. The Hall–Kier alpha value is -3.19. The van der Waals surface area contributed by atoms with Gasteiger partial charge in [0.25, 0.3) is 0 Å². The van der Waals surface area contributed by atoms with Crippen molar-refractivity contribution in [3.05, 3.63) is 65.2 Å². The highest BCUT2D eigenvalue weighted by atomic mass is 32.2. The molecule has 0 unspecified atom stereocenters. The maximum atomic E-state index is 13.1. The quantitative estimate of drug-likeness (QED) is 0.504. The molecule has 1 aromatic heterocycles. The van der Waals surface area contributed by atoms with Gasteiger partial charge in [-0.15, -0.1) is 0 Å². The molecule has 0 N–H and O–H groups in total. The number of aromatic nitrogens is 2. The van der Waals surface area contributed by atoms with Crippen LogP contribution < -0.4 is 5.01 Å². The van der Waals surface area contributed by atoms with Crippen molar-refractivity contribution in [1.82, 2.24) is 9.55 Å². The third kappa shape index (κ3) is 3.91. The van der Waals surface area contributed by atoms with Crippen LogP contribution in [0.4, 0.5) is 5.82 Å². The highest BCUT2D eigenvalue weighted by Gasteiger charge is 2.34. The normalized spacial score (nSPS) is 15.0. The van der Waals surface area contributed by atoms with Crippen LogP contribution >= 0.6 is 11.8 Å². The average Bonchev–Trinajstić information content (AvgIpc) is 3.27. The molecule has 7 heteroatoms. The third-order valence-corrected chi connectivity index (χ3v) is 7.19. The van der Waals surface area contributed by atoms with Gasteiger partial charge in [-0.05, 0) is 54.6 Å². The van der Waals surface area contributed by atoms with Crippen LogP contribution in [0.25, 0.3) is 11.4 Å². The average molecular weight is 459 g/mol. The molecule has 168 valence electrons. The molecule has 0 saturated heterocycles. The van der Waals surface area contributed by atoms with Crippen LogP contribution in [-0.4, -0.2) is 26.4 Å². The predicted molar refractivity (Wildman–Crippen MR) is 132 cm³/mol. The lowest BCUT2D eigenvalue weighted by Gasteiger charge is -2.23. The molecule has 2 heterocycles. The monoisotopic (exact) mass is 458 g/mol. The Balaban J connectivity index is 1.66. The van der Waals surface area contributed by atoms with E-state index in [2.05, 4.69) is 18.2 Å². The van der Waals surface area contributed by atoms with E-state index in [-0.39, 0.29) is 11.8 Å². The zero-order valence-corrected chi connectivity index (χ0v) is 19.7. The lowest BCUT2D eigenvalue weighted by atomic mass is 9.90. The summed E-state index contributed by atoms with van der Waals surface area (Å²) in [6, 6.07) is 16.1. The van der Waals surface area contributed by atoms with Crippen LogP contribution in [0.5, 0.6) is 0 Å². The summed E-state index contributed by atoms with van der Waals surface area (Å²) in [5.41, 5.74) is 4.54. The van der Waals surface area contributed by atoms with Gasteiger partial charge in [-0.2, -0.15) is 10.1 Å². The van der Waals surface area contributed by atoms with Gasteiger partial charge in [0, 0.05) is 24.0 Å². The number of rotatable bonds is 4. The van der Waals surface area contributed by atoms with Gasteiger partial charge >= 0.3 is 0 Å². The van der Waals surface area contributed by atoms with E-state index in [4.69, 9.17) is 10.1 Å². The second kappa shape index (κ2) is 8.98. The summed E-state index contributed by atoms with van der Waals surface area (Å²) in [4.78, 5) is 30.8. The Bertz CT molecular complexity index is 1260. The lowest BCUT2D eigenvalue weighted by molar-refractivity contribution is -0.118. The SMILES string of the molecule is CCC(=O)N1N=C(c2ccc3c(c2)CCCC3)Sc2c1nc(-c1ccccc1)n2C(=O)CC. The second-order valence-corrected chi connectivity index (χ2v) is 9.25. The molecule has 3 aromatic rings. The summed E-state index contributed by atoms with van der Waals surface area (Å²) in [6.45, 7) is 3.65. The van der Waals surface area contributed by atoms with Crippen molar-refractivity contribution in [3.8, 4) is 11.4 Å². The van der Waals surface area contributed by atoms with E-state index < -0.39 is 0 Å². The maximum Gasteiger partial charge on any atom is 0.248 e. The number of carbonyl (C=O) groups is 2. The molecule has 1 aliphatic heterocycles. The summed E-state index contributed by atoms with van der Waals surface area (Å²) in [7, 11) is 0. The molecule has 33 heavy (non-hydrogen) atoms. The largest absolute Gasteiger partial charge is 0.274 e. The van der Waals surface area contributed by atoms with Crippen molar-refractivity contribution < 1.29 is 9.59 Å². The number of aryl methyl sites for hydroxylation is 2. The summed E-state index contributed by atoms with van der Waals surface area (Å²) in [6.07, 6.45) is 5.21. The Morgan fingerprint density at radius 2 is 1.64 bits per heavy atom. The van der Waals surface area contributed by atoms with Crippen molar-refractivity contribution in [3.63, 3.8) is 0 Å². The minimum atomic E-state index is -0.153. The number of hydrogen-bond acceptors (Lipinski definition) is 5. The first kappa shape index (κ1) is 21.6. The highest BCUT2D eigenvalue weighted by molar-refractivity contribution is 8.14. The van der Waals surface area contributed by atoms with Crippen molar-refractivity contribution in [2.75, 3.05) is 5.01 Å². The first-order valence-electron chi connectivity index (χ1n) is 11.5. The Morgan fingerprint density at radius 1 is 0.909 bits per heavy atom. The van der Waals surface area contributed by atoms with E-state index in [1.54, 1.807) is 4.57 Å². The van der Waals surface area contributed by atoms with Crippen LogP contribution in [0, 0.1) is 0 Å². The Kier molecular flexibility index (Phi) is 5.89. The predicted octanol–water partition coefficient (Wildman–Crippen LogP) is 5.69. The molecule has 0 atom stereocenters. The fraction of sp³-hybridized carbons (Fsp3) is 0.308. The third-order valence-electron chi connectivity index (χ3n) is 6.12. The summed E-state index contributed by atoms with van der Waals surface area (Å²) < 4.78 is 1.65. The van der Waals surface area contributed by atoms with Crippen LogP contribution in [0.2, 0.25) is 0 Å². The molecule has 1 amide bonds. The summed E-state index contributed by atoms with van der Waals surface area (Å²) in [5.74, 6) is 0.746. The Morgan fingerprint density at radius 3 is 2.36 bits per heavy atom. The number of carbonyl (C=O) groups excluding carboxylic acids is 2. The number of imidazole rings is 1. The minimum absolute atomic E-state index is 0.0642. The van der Waals surface area contributed by atoms with Crippen molar-refractivity contribution in [1.29, 1.82) is 0 Å². The number of benzene rings is 2.